The number of para-hydroxylation sites is 1. The van der Waals surface area contributed by atoms with Crippen LogP contribution in [0, 0.1) is 6.92 Å². The number of H-pyrrole nitrogens is 1. The third kappa shape index (κ3) is 5.05. The van der Waals surface area contributed by atoms with E-state index in [1.807, 2.05) is 67.6 Å². The lowest BCUT2D eigenvalue weighted by Crippen LogP contribution is -2.32. The lowest BCUT2D eigenvalue weighted by atomic mass is 9.98. The standard InChI is InChI=1S/C25H23N3O3/c1-17-11-13-19(14-12-17)24(18-7-3-2-4-8-18)28-23(29)16-31-15-22-26-21-10-6-5-9-20(21)25(30)27-22/h2-14,24H,15-16H2,1H3,(H,28,29)(H,26,27,30). The van der Waals surface area contributed by atoms with Crippen LogP contribution < -0.4 is 10.9 Å². The van der Waals surface area contributed by atoms with Gasteiger partial charge in [-0.15, -0.1) is 0 Å². The van der Waals surface area contributed by atoms with E-state index in [4.69, 9.17) is 4.74 Å². The Morgan fingerprint density at radius 1 is 0.968 bits per heavy atom. The number of ether oxygens (including phenoxy) is 1. The molecule has 1 aromatic heterocycles. The molecule has 1 heterocycles. The molecule has 0 spiro atoms. The Labute approximate surface area is 179 Å². The topological polar surface area (TPSA) is 84.1 Å². The van der Waals surface area contributed by atoms with Crippen LogP contribution in [-0.4, -0.2) is 22.5 Å². The second kappa shape index (κ2) is 9.36. The summed E-state index contributed by atoms with van der Waals surface area (Å²) in [4.78, 5) is 31.8. The van der Waals surface area contributed by atoms with Gasteiger partial charge in [-0.2, -0.15) is 0 Å². The predicted molar refractivity (Wildman–Crippen MR) is 120 cm³/mol. The Hall–Kier alpha value is -3.77. The number of benzene rings is 3. The van der Waals surface area contributed by atoms with E-state index in [0.717, 1.165) is 16.7 Å². The first-order chi connectivity index (χ1) is 15.1. The molecule has 4 aromatic rings. The van der Waals surface area contributed by atoms with Crippen LogP contribution in [0.2, 0.25) is 0 Å². The molecule has 0 radical (unpaired) electrons. The number of aryl methyl sites for hydroxylation is 1. The van der Waals surface area contributed by atoms with Crippen molar-refractivity contribution in [3.63, 3.8) is 0 Å². The number of fused-ring (bicyclic) bond motifs is 1. The summed E-state index contributed by atoms with van der Waals surface area (Å²) in [6, 6.07) is 24.7. The van der Waals surface area contributed by atoms with Crippen LogP contribution in [0.5, 0.6) is 0 Å². The van der Waals surface area contributed by atoms with Crippen molar-refractivity contribution in [3.8, 4) is 0 Å². The number of carbonyl (C=O) groups is 1. The predicted octanol–water partition coefficient (Wildman–Crippen LogP) is 3.65. The summed E-state index contributed by atoms with van der Waals surface area (Å²) < 4.78 is 5.53. The summed E-state index contributed by atoms with van der Waals surface area (Å²) in [6.07, 6.45) is 0. The second-order valence-electron chi connectivity index (χ2n) is 7.34. The molecule has 4 rings (SSSR count). The normalized spacial score (nSPS) is 11.9. The van der Waals surface area contributed by atoms with Crippen molar-refractivity contribution in [1.29, 1.82) is 0 Å². The van der Waals surface area contributed by atoms with Gasteiger partial charge in [0.2, 0.25) is 5.91 Å². The molecule has 2 N–H and O–H groups in total. The van der Waals surface area contributed by atoms with E-state index in [1.165, 1.54) is 0 Å². The molecule has 0 saturated heterocycles. The quantitative estimate of drug-likeness (QED) is 0.484. The minimum Gasteiger partial charge on any atom is -0.364 e. The minimum absolute atomic E-state index is 0.0357. The van der Waals surface area contributed by atoms with Crippen molar-refractivity contribution in [3.05, 3.63) is 112 Å². The zero-order chi connectivity index (χ0) is 21.6. The summed E-state index contributed by atoms with van der Waals surface area (Å²) in [6.45, 7) is 1.92. The van der Waals surface area contributed by atoms with E-state index in [-0.39, 0.29) is 30.7 Å². The summed E-state index contributed by atoms with van der Waals surface area (Å²) in [5.74, 6) is 0.132. The molecule has 0 fully saturated rings. The second-order valence-corrected chi connectivity index (χ2v) is 7.34. The van der Waals surface area contributed by atoms with Crippen molar-refractivity contribution >= 4 is 16.8 Å². The lowest BCUT2D eigenvalue weighted by Gasteiger charge is -2.20. The maximum absolute atomic E-state index is 12.6. The lowest BCUT2D eigenvalue weighted by molar-refractivity contribution is -0.126. The van der Waals surface area contributed by atoms with Crippen molar-refractivity contribution in [2.24, 2.45) is 0 Å². The molecule has 6 nitrogen and oxygen atoms in total. The smallest absolute Gasteiger partial charge is 0.258 e. The highest BCUT2D eigenvalue weighted by molar-refractivity contribution is 5.78. The third-order valence-corrected chi connectivity index (χ3v) is 4.98. The maximum Gasteiger partial charge on any atom is 0.258 e. The van der Waals surface area contributed by atoms with Crippen LogP contribution in [0.15, 0.2) is 83.7 Å². The highest BCUT2D eigenvalue weighted by Gasteiger charge is 2.17. The molecule has 1 amide bonds. The Morgan fingerprint density at radius 2 is 1.65 bits per heavy atom. The molecule has 6 heteroatoms. The molecule has 1 unspecified atom stereocenters. The van der Waals surface area contributed by atoms with Crippen LogP contribution >= 0.6 is 0 Å². The Balaban J connectivity index is 1.42. The van der Waals surface area contributed by atoms with Crippen molar-refractivity contribution in [2.45, 2.75) is 19.6 Å². The fraction of sp³-hybridized carbons (Fsp3) is 0.160. The largest absolute Gasteiger partial charge is 0.364 e. The zero-order valence-electron chi connectivity index (χ0n) is 17.2. The van der Waals surface area contributed by atoms with Crippen LogP contribution in [0.4, 0.5) is 0 Å². The first kappa shape index (κ1) is 20.5. The zero-order valence-corrected chi connectivity index (χ0v) is 17.2. The fourth-order valence-electron chi connectivity index (χ4n) is 3.41. The van der Waals surface area contributed by atoms with Gasteiger partial charge in [-0.1, -0.05) is 72.3 Å². The van der Waals surface area contributed by atoms with Gasteiger partial charge in [0, 0.05) is 0 Å². The number of rotatable bonds is 7. The van der Waals surface area contributed by atoms with E-state index >= 15 is 0 Å². The van der Waals surface area contributed by atoms with E-state index in [1.54, 1.807) is 18.2 Å². The first-order valence-electron chi connectivity index (χ1n) is 10.1. The van der Waals surface area contributed by atoms with Crippen molar-refractivity contribution < 1.29 is 9.53 Å². The molecule has 3 aromatic carbocycles. The molecular formula is C25H23N3O3. The Kier molecular flexibility index (Phi) is 6.19. The molecule has 0 bridgehead atoms. The van der Waals surface area contributed by atoms with Gasteiger partial charge in [0.25, 0.3) is 5.56 Å². The SMILES string of the molecule is Cc1ccc(C(NC(=O)COCc2nc3ccccc3c(=O)[nH]2)c2ccccc2)cc1. The average molecular weight is 413 g/mol. The number of carbonyl (C=O) groups excluding carboxylic acids is 1. The number of aromatic amines is 1. The molecule has 0 aliphatic carbocycles. The highest BCUT2D eigenvalue weighted by atomic mass is 16.5. The van der Waals surface area contributed by atoms with E-state index in [9.17, 15) is 9.59 Å². The molecule has 0 saturated carbocycles. The van der Waals surface area contributed by atoms with Gasteiger partial charge in [-0.25, -0.2) is 4.98 Å². The maximum atomic E-state index is 12.6. The summed E-state index contributed by atoms with van der Waals surface area (Å²) in [7, 11) is 0. The molecule has 0 aliphatic heterocycles. The highest BCUT2D eigenvalue weighted by Crippen LogP contribution is 2.22. The molecule has 1 atom stereocenters. The van der Waals surface area contributed by atoms with Gasteiger partial charge in [0.15, 0.2) is 0 Å². The van der Waals surface area contributed by atoms with E-state index in [0.29, 0.717) is 16.7 Å². The number of aromatic nitrogens is 2. The monoisotopic (exact) mass is 413 g/mol. The molecule has 31 heavy (non-hydrogen) atoms. The van der Waals surface area contributed by atoms with Crippen LogP contribution in [-0.2, 0) is 16.1 Å². The minimum atomic E-state index is -0.281. The third-order valence-electron chi connectivity index (χ3n) is 4.98. The van der Waals surface area contributed by atoms with Gasteiger partial charge in [0.05, 0.1) is 16.9 Å². The van der Waals surface area contributed by atoms with E-state index < -0.39 is 0 Å². The first-order valence-corrected chi connectivity index (χ1v) is 10.1. The van der Waals surface area contributed by atoms with Gasteiger partial charge < -0.3 is 15.0 Å². The summed E-state index contributed by atoms with van der Waals surface area (Å²) in [5.41, 5.74) is 3.50. The van der Waals surface area contributed by atoms with Crippen LogP contribution in [0.25, 0.3) is 10.9 Å². The summed E-state index contributed by atoms with van der Waals surface area (Å²) >= 11 is 0. The number of hydrogen-bond donors (Lipinski definition) is 2. The van der Waals surface area contributed by atoms with Gasteiger partial charge in [-0.05, 0) is 30.2 Å². The van der Waals surface area contributed by atoms with Crippen LogP contribution in [0.1, 0.15) is 28.6 Å². The van der Waals surface area contributed by atoms with Gasteiger partial charge >= 0.3 is 0 Å². The van der Waals surface area contributed by atoms with Crippen molar-refractivity contribution in [1.82, 2.24) is 15.3 Å². The summed E-state index contributed by atoms with van der Waals surface area (Å²) in [5, 5.41) is 3.56. The van der Waals surface area contributed by atoms with Crippen LogP contribution in [0.3, 0.4) is 0 Å². The molecule has 0 aliphatic rings. The fourth-order valence-corrected chi connectivity index (χ4v) is 3.41. The number of nitrogens with one attached hydrogen (secondary N) is 2. The average Bonchev–Trinajstić information content (AvgIpc) is 2.79. The molecular weight excluding hydrogens is 390 g/mol. The molecule has 156 valence electrons. The number of nitrogens with zero attached hydrogens (tertiary/aromatic N) is 1. The van der Waals surface area contributed by atoms with E-state index in [2.05, 4.69) is 15.3 Å². The number of hydrogen-bond acceptors (Lipinski definition) is 4. The Morgan fingerprint density at radius 3 is 2.42 bits per heavy atom. The Bertz CT molecular complexity index is 1230. The van der Waals surface area contributed by atoms with Crippen molar-refractivity contribution in [2.75, 3.05) is 6.61 Å². The van der Waals surface area contributed by atoms with Gasteiger partial charge in [0.1, 0.15) is 19.0 Å². The van der Waals surface area contributed by atoms with Gasteiger partial charge in [-0.3, -0.25) is 9.59 Å². The number of amides is 1.